The molecule has 0 bridgehead atoms. The Bertz CT molecular complexity index is 1330. The lowest BCUT2D eigenvalue weighted by molar-refractivity contribution is 0.0420. The molecule has 6 nitrogen and oxygen atoms in total. The molecule has 2 N–H and O–H groups in total. The molecule has 1 atom stereocenters. The number of likely N-dealkylation sites (tertiary alicyclic amines) is 1. The van der Waals surface area contributed by atoms with Crippen molar-refractivity contribution in [3.63, 3.8) is 0 Å². The van der Waals surface area contributed by atoms with E-state index < -0.39 is 0 Å². The van der Waals surface area contributed by atoms with Crippen molar-refractivity contribution in [2.24, 2.45) is 0 Å². The fourth-order valence-corrected chi connectivity index (χ4v) is 6.96. The van der Waals surface area contributed by atoms with Crippen LogP contribution in [0.1, 0.15) is 40.7 Å². The van der Waals surface area contributed by atoms with Crippen molar-refractivity contribution in [1.82, 2.24) is 19.8 Å². The fourth-order valence-electron chi connectivity index (χ4n) is 6.17. The van der Waals surface area contributed by atoms with Gasteiger partial charge in [0.25, 0.3) is 0 Å². The van der Waals surface area contributed by atoms with E-state index in [4.69, 9.17) is 16.3 Å². The van der Waals surface area contributed by atoms with Crippen LogP contribution < -0.4 is 4.74 Å². The first-order valence-electron chi connectivity index (χ1n) is 12.5. The van der Waals surface area contributed by atoms with Crippen LogP contribution in [0.4, 0.5) is 0 Å². The molecule has 0 saturated carbocycles. The van der Waals surface area contributed by atoms with Crippen LogP contribution in [0.2, 0.25) is 5.02 Å². The minimum atomic E-state index is -0.0898. The summed E-state index contributed by atoms with van der Waals surface area (Å²) < 4.78 is 5.52. The summed E-state index contributed by atoms with van der Waals surface area (Å²) in [4.78, 5) is 13.2. The van der Waals surface area contributed by atoms with Gasteiger partial charge in [0.05, 0.1) is 26.3 Å². The Hall–Kier alpha value is -2.42. The molecule has 1 spiro atoms. The second-order valence-corrected chi connectivity index (χ2v) is 11.5. The fraction of sp³-hybridized carbons (Fsp3) is 0.393. The van der Waals surface area contributed by atoms with E-state index >= 15 is 0 Å². The number of piperidine rings is 1. The zero-order chi connectivity index (χ0) is 24.7. The number of ether oxygens (including phenoxy) is 1. The second kappa shape index (κ2) is 9.80. The van der Waals surface area contributed by atoms with E-state index in [1.807, 2.05) is 18.3 Å². The first kappa shape index (κ1) is 23.9. The lowest BCUT2D eigenvalue weighted by Gasteiger charge is -2.50. The summed E-state index contributed by atoms with van der Waals surface area (Å²) in [6.45, 7) is 4.72. The van der Waals surface area contributed by atoms with Crippen molar-refractivity contribution in [3.05, 3.63) is 80.9 Å². The monoisotopic (exact) mass is 522 g/mol. The van der Waals surface area contributed by atoms with Crippen LogP contribution in [-0.4, -0.2) is 58.2 Å². The molecule has 2 aromatic heterocycles. The van der Waals surface area contributed by atoms with Crippen molar-refractivity contribution < 1.29 is 9.84 Å². The zero-order valence-electron chi connectivity index (χ0n) is 20.4. The van der Waals surface area contributed by atoms with E-state index in [0.717, 1.165) is 67.5 Å². The maximum Gasteiger partial charge on any atom is 0.120 e. The van der Waals surface area contributed by atoms with Crippen LogP contribution in [0.25, 0.3) is 10.9 Å². The number of rotatable bonds is 6. The molecule has 0 unspecified atom stereocenters. The quantitative estimate of drug-likeness (QED) is 0.356. The van der Waals surface area contributed by atoms with Crippen LogP contribution in [0.5, 0.6) is 5.75 Å². The smallest absolute Gasteiger partial charge is 0.120 e. The first-order valence-corrected chi connectivity index (χ1v) is 13.7. The Morgan fingerprint density at radius 2 is 1.97 bits per heavy atom. The topological polar surface area (TPSA) is 64.6 Å². The minimum Gasteiger partial charge on any atom is -0.497 e. The summed E-state index contributed by atoms with van der Waals surface area (Å²) in [5.41, 5.74) is 4.83. The van der Waals surface area contributed by atoms with Crippen molar-refractivity contribution in [2.45, 2.75) is 37.4 Å². The summed E-state index contributed by atoms with van der Waals surface area (Å²) in [5.74, 6) is 0.840. The van der Waals surface area contributed by atoms with Gasteiger partial charge in [0.1, 0.15) is 10.8 Å². The van der Waals surface area contributed by atoms with E-state index in [0.29, 0.717) is 0 Å². The Balaban J connectivity index is 1.38. The van der Waals surface area contributed by atoms with Crippen LogP contribution in [0.15, 0.2) is 54.0 Å². The Kier molecular flexibility index (Phi) is 6.52. The van der Waals surface area contributed by atoms with Gasteiger partial charge in [0, 0.05) is 57.8 Å². The highest BCUT2D eigenvalue weighted by Gasteiger charge is 2.47. The maximum absolute atomic E-state index is 10.6. The third kappa shape index (κ3) is 4.33. The van der Waals surface area contributed by atoms with Gasteiger partial charge >= 0.3 is 0 Å². The van der Waals surface area contributed by atoms with Crippen LogP contribution in [0, 0.1) is 0 Å². The lowest BCUT2D eigenvalue weighted by atomic mass is 9.68. The number of benzene rings is 2. The van der Waals surface area contributed by atoms with E-state index in [9.17, 15) is 5.11 Å². The van der Waals surface area contributed by atoms with Gasteiger partial charge in [-0.05, 0) is 61.3 Å². The average Bonchev–Trinajstić information content (AvgIpc) is 3.55. The summed E-state index contributed by atoms with van der Waals surface area (Å²) in [6, 6.07) is 14.3. The Morgan fingerprint density at radius 1 is 1.17 bits per heavy atom. The molecule has 36 heavy (non-hydrogen) atoms. The zero-order valence-corrected chi connectivity index (χ0v) is 22.0. The molecule has 1 saturated heterocycles. The van der Waals surface area contributed by atoms with Gasteiger partial charge in [0.2, 0.25) is 0 Å². The molecule has 2 aromatic carbocycles. The molecular formula is C28H31ClN4O2S. The highest BCUT2D eigenvalue weighted by molar-refractivity contribution is 7.09. The minimum absolute atomic E-state index is 0.0135. The van der Waals surface area contributed by atoms with E-state index in [1.54, 1.807) is 18.4 Å². The second-order valence-electron chi connectivity index (χ2n) is 10.0. The third-order valence-electron chi connectivity index (χ3n) is 7.97. The highest BCUT2D eigenvalue weighted by atomic mass is 35.5. The highest BCUT2D eigenvalue weighted by Crippen LogP contribution is 2.49. The number of aromatic nitrogens is 2. The molecule has 0 amide bonds. The molecule has 1 fully saturated rings. The number of hydrogen-bond acceptors (Lipinski definition) is 6. The van der Waals surface area contributed by atoms with Crippen molar-refractivity contribution in [2.75, 3.05) is 33.4 Å². The number of aliphatic hydroxyl groups is 1. The first-order chi connectivity index (χ1) is 17.6. The van der Waals surface area contributed by atoms with Crippen LogP contribution >= 0.6 is 22.9 Å². The number of thiazole rings is 1. The van der Waals surface area contributed by atoms with E-state index in [2.05, 4.69) is 55.5 Å². The van der Waals surface area contributed by atoms with Gasteiger partial charge in [-0.1, -0.05) is 23.7 Å². The number of fused-ring (bicyclic) bond motifs is 4. The summed E-state index contributed by atoms with van der Waals surface area (Å²) >= 11 is 7.88. The third-order valence-corrected chi connectivity index (χ3v) is 8.99. The molecule has 4 aromatic rings. The van der Waals surface area contributed by atoms with Crippen molar-refractivity contribution in [1.29, 1.82) is 0 Å². The maximum atomic E-state index is 10.6. The number of aromatic amines is 1. The number of aliphatic hydroxyl groups excluding tert-OH is 1. The van der Waals surface area contributed by atoms with E-state index in [1.165, 1.54) is 21.5 Å². The number of nitrogens with zero attached hydrogens (tertiary/aromatic N) is 3. The number of methoxy groups -OCH3 is 1. The number of halogens is 1. The standard InChI is InChI=1S/C28H31ClN4O2S/c1-35-21-6-7-22-23(14-21)31-27-24(17-34)33(15-19-2-4-20(29)5-3-19)18-28(26(22)27)8-11-32(12-9-28)16-25-30-10-13-36-25/h2-7,10,13-14,24,31,34H,8-9,11-12,15-18H2,1H3/t24-/m1/s1. The van der Waals surface area contributed by atoms with Gasteiger partial charge < -0.3 is 14.8 Å². The van der Waals surface area contributed by atoms with Crippen LogP contribution in [-0.2, 0) is 18.5 Å². The molecule has 8 heteroatoms. The van der Waals surface area contributed by atoms with Gasteiger partial charge in [0.15, 0.2) is 0 Å². The van der Waals surface area contributed by atoms with Gasteiger partial charge in [-0.3, -0.25) is 9.80 Å². The number of nitrogens with one attached hydrogen (secondary N) is 1. The molecule has 2 aliphatic rings. The van der Waals surface area contributed by atoms with Gasteiger partial charge in [-0.25, -0.2) is 4.98 Å². The molecule has 4 heterocycles. The largest absolute Gasteiger partial charge is 0.497 e. The van der Waals surface area contributed by atoms with Gasteiger partial charge in [-0.2, -0.15) is 0 Å². The summed E-state index contributed by atoms with van der Waals surface area (Å²) in [5, 5.41) is 15.8. The summed E-state index contributed by atoms with van der Waals surface area (Å²) in [7, 11) is 1.70. The number of hydrogen-bond donors (Lipinski definition) is 2. The summed E-state index contributed by atoms with van der Waals surface area (Å²) in [6.07, 6.45) is 4.03. The molecule has 0 aliphatic carbocycles. The Labute approximate surface area is 220 Å². The van der Waals surface area contributed by atoms with E-state index in [-0.39, 0.29) is 18.1 Å². The predicted octanol–water partition coefficient (Wildman–Crippen LogP) is 5.37. The number of H-pyrrole nitrogens is 1. The molecule has 0 radical (unpaired) electrons. The Morgan fingerprint density at radius 3 is 2.67 bits per heavy atom. The SMILES string of the molecule is COc1ccc2c3c([nH]c2c1)[C@@H](CO)N(Cc1ccc(Cl)cc1)CC31CCN(Cc2nccs2)CC1. The predicted molar refractivity (Wildman–Crippen MR) is 145 cm³/mol. The average molecular weight is 523 g/mol. The normalized spacial score (nSPS) is 20.1. The van der Waals surface area contributed by atoms with Crippen molar-refractivity contribution in [3.8, 4) is 5.75 Å². The molecular weight excluding hydrogens is 492 g/mol. The molecule has 188 valence electrons. The van der Waals surface area contributed by atoms with Gasteiger partial charge in [-0.15, -0.1) is 11.3 Å². The van der Waals surface area contributed by atoms with Crippen molar-refractivity contribution >= 4 is 33.8 Å². The molecule has 2 aliphatic heterocycles. The lowest BCUT2D eigenvalue weighted by Crippen LogP contribution is -2.53. The van der Waals surface area contributed by atoms with Crippen LogP contribution in [0.3, 0.4) is 0 Å². The molecule has 6 rings (SSSR count).